The van der Waals surface area contributed by atoms with Gasteiger partial charge in [0.15, 0.2) is 0 Å². The van der Waals surface area contributed by atoms with Gasteiger partial charge in [0.05, 0.1) is 31.1 Å². The summed E-state index contributed by atoms with van der Waals surface area (Å²) in [5.74, 6) is 1.25. The van der Waals surface area contributed by atoms with Crippen molar-refractivity contribution >= 4 is 11.8 Å². The summed E-state index contributed by atoms with van der Waals surface area (Å²) >= 11 is 0. The molecule has 2 N–H and O–H groups in total. The van der Waals surface area contributed by atoms with Crippen LogP contribution in [0.3, 0.4) is 0 Å². The first-order valence-corrected chi connectivity index (χ1v) is 15.6. The number of amides is 2. The van der Waals surface area contributed by atoms with Crippen molar-refractivity contribution in [1.82, 2.24) is 15.5 Å². The van der Waals surface area contributed by atoms with Crippen molar-refractivity contribution in [2.24, 2.45) is 11.8 Å². The number of rotatable bonds is 13. The summed E-state index contributed by atoms with van der Waals surface area (Å²) in [6.45, 7) is 4.88. The van der Waals surface area contributed by atoms with Gasteiger partial charge < -0.3 is 29.7 Å². The highest BCUT2D eigenvalue weighted by Crippen LogP contribution is 2.39. The van der Waals surface area contributed by atoms with Gasteiger partial charge in [0, 0.05) is 51.4 Å². The van der Waals surface area contributed by atoms with Gasteiger partial charge >= 0.3 is 0 Å². The summed E-state index contributed by atoms with van der Waals surface area (Å²) in [6, 6.07) is 14.7. The maximum absolute atomic E-state index is 14.0. The number of nitrogens with zero attached hydrogens (tertiary/aromatic N) is 1. The van der Waals surface area contributed by atoms with Crippen LogP contribution in [0.2, 0.25) is 0 Å². The van der Waals surface area contributed by atoms with E-state index in [0.717, 1.165) is 67.6 Å². The lowest BCUT2D eigenvalue weighted by Gasteiger charge is -2.36. The molecule has 0 spiro atoms. The maximum Gasteiger partial charge on any atom is 0.227 e. The van der Waals surface area contributed by atoms with Gasteiger partial charge in [-0.2, -0.15) is 0 Å². The van der Waals surface area contributed by atoms with Crippen molar-refractivity contribution in [2.75, 3.05) is 40.5 Å². The summed E-state index contributed by atoms with van der Waals surface area (Å²) in [5, 5.41) is 6.86. The maximum atomic E-state index is 14.0. The molecule has 8 nitrogen and oxygen atoms in total. The smallest absolute Gasteiger partial charge is 0.227 e. The summed E-state index contributed by atoms with van der Waals surface area (Å²) in [4.78, 5) is 29.7. The fourth-order valence-electron chi connectivity index (χ4n) is 6.65. The molecule has 2 atom stereocenters. The molecule has 2 aliphatic carbocycles. The van der Waals surface area contributed by atoms with Crippen molar-refractivity contribution in [3.63, 3.8) is 0 Å². The molecule has 2 aromatic carbocycles. The summed E-state index contributed by atoms with van der Waals surface area (Å²) in [7, 11) is 3.35. The van der Waals surface area contributed by atoms with Gasteiger partial charge in [-0.05, 0) is 62.3 Å². The van der Waals surface area contributed by atoms with Crippen molar-refractivity contribution in [1.29, 1.82) is 0 Å². The van der Waals surface area contributed by atoms with E-state index in [4.69, 9.17) is 14.2 Å². The Morgan fingerprint density at radius 2 is 1.71 bits per heavy atom. The number of benzene rings is 2. The third-order valence-corrected chi connectivity index (χ3v) is 9.18. The van der Waals surface area contributed by atoms with E-state index in [1.165, 1.54) is 5.56 Å². The second kappa shape index (κ2) is 13.9. The highest BCUT2D eigenvalue weighted by Gasteiger charge is 2.42. The Kier molecular flexibility index (Phi) is 10.1. The molecule has 1 saturated heterocycles. The number of hydrogen-bond acceptors (Lipinski definition) is 6. The molecule has 8 heteroatoms. The number of carbonyl (C=O) groups excluding carboxylic acids is 2. The summed E-state index contributed by atoms with van der Waals surface area (Å²) in [5.41, 5.74) is 2.82. The van der Waals surface area contributed by atoms with E-state index in [1.54, 1.807) is 14.2 Å². The zero-order valence-corrected chi connectivity index (χ0v) is 25.5. The first-order chi connectivity index (χ1) is 20.4. The standard InChI is InChI=1S/C34H47N3O5/c1-24-30(41-3)18-25(19-31(24)42-17-9-16-40-2)23-37(29-12-13-29)33(39)27-20-26(21-35-22-27)32(38)36-34(14-7-8-15-34)28-10-5-4-6-11-28/h4-6,10-11,18-19,26-27,29,35H,7-9,12-17,20-23H2,1-3H3,(H,36,38)/t26-,27+/m0/s1. The van der Waals surface area contributed by atoms with E-state index < -0.39 is 0 Å². The van der Waals surface area contributed by atoms with Crippen molar-refractivity contribution < 1.29 is 23.8 Å². The summed E-state index contributed by atoms with van der Waals surface area (Å²) in [6.07, 6.45) is 7.52. The van der Waals surface area contributed by atoms with Crippen molar-refractivity contribution in [3.05, 3.63) is 59.2 Å². The van der Waals surface area contributed by atoms with Crippen molar-refractivity contribution in [2.45, 2.75) is 76.4 Å². The van der Waals surface area contributed by atoms with Gasteiger partial charge in [0.1, 0.15) is 11.5 Å². The average molecular weight is 578 g/mol. The normalized spacial score (nSPS) is 21.5. The van der Waals surface area contributed by atoms with Gasteiger partial charge in [-0.3, -0.25) is 9.59 Å². The molecular weight excluding hydrogens is 530 g/mol. The number of nitrogens with one attached hydrogen (secondary N) is 2. The Labute approximate surface area is 250 Å². The van der Waals surface area contributed by atoms with E-state index >= 15 is 0 Å². The van der Waals surface area contributed by atoms with Crippen LogP contribution in [0.5, 0.6) is 11.5 Å². The minimum Gasteiger partial charge on any atom is -0.496 e. The molecule has 0 radical (unpaired) electrons. The number of ether oxygens (including phenoxy) is 3. The van der Waals surface area contributed by atoms with Crippen LogP contribution in [0.15, 0.2) is 42.5 Å². The topological polar surface area (TPSA) is 89.1 Å². The molecule has 0 bridgehead atoms. The van der Waals surface area contributed by atoms with Gasteiger partial charge in [0.25, 0.3) is 0 Å². The number of hydrogen-bond donors (Lipinski definition) is 2. The lowest BCUT2D eigenvalue weighted by atomic mass is 9.85. The molecule has 3 fully saturated rings. The van der Waals surface area contributed by atoms with Crippen LogP contribution in [-0.4, -0.2) is 63.3 Å². The Morgan fingerprint density at radius 1 is 1.00 bits per heavy atom. The van der Waals surface area contributed by atoms with Crippen LogP contribution >= 0.6 is 0 Å². The third-order valence-electron chi connectivity index (χ3n) is 9.18. The van der Waals surface area contributed by atoms with Gasteiger partial charge in [-0.15, -0.1) is 0 Å². The van der Waals surface area contributed by atoms with Crippen LogP contribution < -0.4 is 20.1 Å². The quantitative estimate of drug-likeness (QED) is 0.335. The zero-order chi connectivity index (χ0) is 29.5. The second-order valence-corrected chi connectivity index (χ2v) is 12.2. The Hall–Kier alpha value is -3.10. The van der Waals surface area contributed by atoms with Crippen LogP contribution in [-0.2, 0) is 26.4 Å². The average Bonchev–Trinajstić information content (AvgIpc) is 3.76. The molecule has 2 saturated carbocycles. The van der Waals surface area contributed by atoms with E-state index in [9.17, 15) is 9.59 Å². The van der Waals surface area contributed by atoms with Crippen LogP contribution in [0, 0.1) is 18.8 Å². The number of carbonyl (C=O) groups is 2. The first-order valence-electron chi connectivity index (χ1n) is 15.6. The zero-order valence-electron chi connectivity index (χ0n) is 25.5. The van der Waals surface area contributed by atoms with Crippen molar-refractivity contribution in [3.8, 4) is 11.5 Å². The molecule has 2 aromatic rings. The Bertz CT molecular complexity index is 1210. The lowest BCUT2D eigenvalue weighted by molar-refractivity contribution is -0.139. The van der Waals surface area contributed by atoms with Crippen LogP contribution in [0.25, 0.3) is 0 Å². The minimum atomic E-state index is -0.302. The van der Waals surface area contributed by atoms with Gasteiger partial charge in [-0.1, -0.05) is 43.2 Å². The monoisotopic (exact) mass is 577 g/mol. The minimum absolute atomic E-state index is 0.0576. The number of methoxy groups -OCH3 is 2. The SMILES string of the molecule is COCCCOc1cc(CN(C(=O)[C@H]2CNC[C@@H](C(=O)NC3(c4ccccc4)CCCC3)C2)C2CC2)cc(OC)c1C. The largest absolute Gasteiger partial charge is 0.496 e. The van der Waals surface area contributed by atoms with E-state index in [2.05, 4.69) is 22.8 Å². The molecule has 0 aromatic heterocycles. The molecule has 3 aliphatic rings. The highest BCUT2D eigenvalue weighted by atomic mass is 16.5. The predicted octanol–water partition coefficient (Wildman–Crippen LogP) is 4.72. The van der Waals surface area contributed by atoms with Crippen LogP contribution in [0.1, 0.15) is 68.1 Å². The molecule has 1 aliphatic heterocycles. The van der Waals surface area contributed by atoms with E-state index in [0.29, 0.717) is 39.3 Å². The Balaban J connectivity index is 1.26. The van der Waals surface area contributed by atoms with Gasteiger partial charge in [0.2, 0.25) is 11.8 Å². The predicted molar refractivity (Wildman–Crippen MR) is 162 cm³/mol. The van der Waals surface area contributed by atoms with E-state index in [-0.39, 0.29) is 35.2 Å². The fourth-order valence-corrected chi connectivity index (χ4v) is 6.65. The Morgan fingerprint density at radius 3 is 2.40 bits per heavy atom. The van der Waals surface area contributed by atoms with Gasteiger partial charge in [-0.25, -0.2) is 0 Å². The first kappa shape index (κ1) is 30.4. The summed E-state index contributed by atoms with van der Waals surface area (Å²) < 4.78 is 16.9. The molecule has 1 heterocycles. The molecule has 5 rings (SSSR count). The van der Waals surface area contributed by atoms with E-state index in [1.807, 2.05) is 42.2 Å². The molecule has 0 unspecified atom stereocenters. The highest BCUT2D eigenvalue weighted by molar-refractivity contribution is 5.84. The number of piperidine rings is 1. The molecule has 42 heavy (non-hydrogen) atoms. The lowest BCUT2D eigenvalue weighted by Crippen LogP contribution is -2.53. The third kappa shape index (κ3) is 7.09. The molecular formula is C34H47N3O5. The molecule has 228 valence electrons. The second-order valence-electron chi connectivity index (χ2n) is 12.2. The van der Waals surface area contributed by atoms with Crippen LogP contribution in [0.4, 0.5) is 0 Å². The molecule has 2 amide bonds. The fraction of sp³-hybridized carbons (Fsp3) is 0.588.